The highest BCUT2D eigenvalue weighted by Gasteiger charge is 2.15. The maximum absolute atomic E-state index is 13.4. The fourth-order valence-corrected chi connectivity index (χ4v) is 2.90. The second-order valence-electron chi connectivity index (χ2n) is 3.81. The van der Waals surface area contributed by atoms with E-state index in [2.05, 4.69) is 0 Å². The summed E-state index contributed by atoms with van der Waals surface area (Å²) in [6, 6.07) is 13.1. The van der Waals surface area contributed by atoms with Gasteiger partial charge < -0.3 is 0 Å². The van der Waals surface area contributed by atoms with E-state index in [0.29, 0.717) is 4.90 Å². The van der Waals surface area contributed by atoms with Crippen LogP contribution in [0.15, 0.2) is 52.3 Å². The van der Waals surface area contributed by atoms with Crippen molar-refractivity contribution >= 4 is 10.8 Å². The van der Waals surface area contributed by atoms with Gasteiger partial charge in [0, 0.05) is 4.90 Å². The molecule has 0 saturated carbocycles. The first-order chi connectivity index (χ1) is 8.63. The fourth-order valence-electron chi connectivity index (χ4n) is 1.62. The lowest BCUT2D eigenvalue weighted by atomic mass is 10.2. The van der Waals surface area contributed by atoms with E-state index in [1.807, 2.05) is 13.0 Å². The van der Waals surface area contributed by atoms with Crippen molar-refractivity contribution in [3.05, 3.63) is 59.4 Å². The molecule has 0 fully saturated rings. The van der Waals surface area contributed by atoms with Crippen molar-refractivity contribution in [3.63, 3.8) is 0 Å². The summed E-state index contributed by atoms with van der Waals surface area (Å²) < 4.78 is 25.8. The number of nitrogens with zero attached hydrogens (tertiary/aromatic N) is 1. The predicted molar refractivity (Wildman–Crippen MR) is 67.0 cm³/mol. The fraction of sp³-hybridized carbons (Fsp3) is 0.0714. The van der Waals surface area contributed by atoms with Gasteiger partial charge in [0.05, 0.1) is 15.7 Å². The van der Waals surface area contributed by atoms with Gasteiger partial charge in [-0.05, 0) is 36.8 Å². The molecule has 2 aromatic carbocycles. The van der Waals surface area contributed by atoms with Gasteiger partial charge in [-0.25, -0.2) is 8.60 Å². The van der Waals surface area contributed by atoms with E-state index in [1.165, 1.54) is 18.2 Å². The standard InChI is InChI=1S/C14H10FNOS/c1-10-4-2-5-11(8-10)18(17)14-7-3-6-13(15)12(14)9-16/h2-8H,1H3/t18-/m0/s1. The van der Waals surface area contributed by atoms with Crippen LogP contribution in [0, 0.1) is 24.1 Å². The quantitative estimate of drug-likeness (QED) is 0.831. The Labute approximate surface area is 107 Å². The molecule has 90 valence electrons. The highest BCUT2D eigenvalue weighted by molar-refractivity contribution is 7.85. The third-order valence-electron chi connectivity index (χ3n) is 2.49. The topological polar surface area (TPSA) is 40.9 Å². The van der Waals surface area contributed by atoms with Gasteiger partial charge in [0.1, 0.15) is 17.4 Å². The zero-order valence-electron chi connectivity index (χ0n) is 9.68. The number of nitriles is 1. The number of aryl methyl sites for hydroxylation is 1. The van der Waals surface area contributed by atoms with Crippen molar-refractivity contribution in [2.45, 2.75) is 16.7 Å². The van der Waals surface area contributed by atoms with E-state index in [0.717, 1.165) is 5.56 Å². The normalized spacial score (nSPS) is 11.8. The zero-order chi connectivity index (χ0) is 13.1. The van der Waals surface area contributed by atoms with E-state index < -0.39 is 16.6 Å². The van der Waals surface area contributed by atoms with Crippen LogP contribution in [-0.2, 0) is 10.8 Å². The molecule has 0 aromatic heterocycles. The molecule has 2 rings (SSSR count). The molecule has 0 spiro atoms. The first-order valence-corrected chi connectivity index (χ1v) is 6.45. The van der Waals surface area contributed by atoms with Gasteiger partial charge in [-0.3, -0.25) is 0 Å². The monoisotopic (exact) mass is 259 g/mol. The maximum Gasteiger partial charge on any atom is 0.142 e. The molecule has 0 bridgehead atoms. The third-order valence-corrected chi connectivity index (χ3v) is 3.91. The highest BCUT2D eigenvalue weighted by Crippen LogP contribution is 2.22. The van der Waals surface area contributed by atoms with Gasteiger partial charge in [-0.1, -0.05) is 18.2 Å². The Morgan fingerprint density at radius 1 is 1.22 bits per heavy atom. The van der Waals surface area contributed by atoms with Crippen LogP contribution in [-0.4, -0.2) is 4.21 Å². The minimum absolute atomic E-state index is 0.155. The van der Waals surface area contributed by atoms with Gasteiger partial charge in [-0.15, -0.1) is 0 Å². The number of halogens is 1. The minimum Gasteiger partial charge on any atom is -0.249 e. The molecule has 4 heteroatoms. The summed E-state index contributed by atoms with van der Waals surface area (Å²) in [4.78, 5) is 0.778. The van der Waals surface area contributed by atoms with Crippen LogP contribution >= 0.6 is 0 Å². The van der Waals surface area contributed by atoms with E-state index >= 15 is 0 Å². The largest absolute Gasteiger partial charge is 0.249 e. The molecule has 0 heterocycles. The summed E-state index contributed by atoms with van der Waals surface area (Å²) in [6.45, 7) is 1.89. The van der Waals surface area contributed by atoms with E-state index in [-0.39, 0.29) is 10.5 Å². The number of rotatable bonds is 2. The van der Waals surface area contributed by atoms with Gasteiger partial charge in [0.2, 0.25) is 0 Å². The van der Waals surface area contributed by atoms with Crippen molar-refractivity contribution in [1.29, 1.82) is 5.26 Å². The SMILES string of the molecule is Cc1cccc([S@](=O)c2cccc(F)c2C#N)c1. The van der Waals surface area contributed by atoms with Crippen LogP contribution in [0.3, 0.4) is 0 Å². The van der Waals surface area contributed by atoms with Crippen molar-refractivity contribution in [2.24, 2.45) is 0 Å². The molecule has 0 radical (unpaired) electrons. The molecular weight excluding hydrogens is 249 g/mol. The Kier molecular flexibility index (Phi) is 3.54. The molecule has 0 saturated heterocycles. The summed E-state index contributed by atoms with van der Waals surface area (Å²) in [7, 11) is -1.54. The van der Waals surface area contributed by atoms with Crippen LogP contribution in [0.1, 0.15) is 11.1 Å². The number of hydrogen-bond donors (Lipinski definition) is 0. The highest BCUT2D eigenvalue weighted by atomic mass is 32.2. The summed E-state index contributed by atoms with van der Waals surface area (Å²) in [6.07, 6.45) is 0. The molecule has 0 unspecified atom stereocenters. The Balaban J connectivity index is 2.54. The van der Waals surface area contributed by atoms with E-state index in [9.17, 15) is 8.60 Å². The Hall–Kier alpha value is -1.99. The Morgan fingerprint density at radius 2 is 1.94 bits per heavy atom. The molecular formula is C14H10FNOS. The molecule has 0 N–H and O–H groups in total. The molecule has 0 aliphatic heterocycles. The number of benzene rings is 2. The third kappa shape index (κ3) is 2.31. The van der Waals surface area contributed by atoms with Crippen LogP contribution in [0.5, 0.6) is 0 Å². The van der Waals surface area contributed by atoms with Crippen LogP contribution in [0.2, 0.25) is 0 Å². The van der Waals surface area contributed by atoms with Gasteiger partial charge in [0.15, 0.2) is 0 Å². The molecule has 2 nitrogen and oxygen atoms in total. The lowest BCUT2D eigenvalue weighted by Gasteiger charge is -2.05. The zero-order valence-corrected chi connectivity index (χ0v) is 10.5. The smallest absolute Gasteiger partial charge is 0.142 e. The van der Waals surface area contributed by atoms with Crippen LogP contribution < -0.4 is 0 Å². The van der Waals surface area contributed by atoms with Crippen LogP contribution in [0.4, 0.5) is 4.39 Å². The first kappa shape index (κ1) is 12.5. The molecule has 2 aromatic rings. The molecule has 18 heavy (non-hydrogen) atoms. The second-order valence-corrected chi connectivity index (χ2v) is 5.26. The summed E-state index contributed by atoms with van der Waals surface area (Å²) in [5.74, 6) is -0.643. The number of hydrogen-bond acceptors (Lipinski definition) is 2. The van der Waals surface area contributed by atoms with E-state index in [4.69, 9.17) is 5.26 Å². The Bertz CT molecular complexity index is 661. The van der Waals surface area contributed by atoms with Gasteiger partial charge in [-0.2, -0.15) is 5.26 Å². The van der Waals surface area contributed by atoms with Gasteiger partial charge >= 0.3 is 0 Å². The predicted octanol–water partition coefficient (Wildman–Crippen LogP) is 3.17. The first-order valence-electron chi connectivity index (χ1n) is 5.30. The summed E-state index contributed by atoms with van der Waals surface area (Å²) >= 11 is 0. The van der Waals surface area contributed by atoms with Gasteiger partial charge in [0.25, 0.3) is 0 Å². The van der Waals surface area contributed by atoms with Crippen molar-refractivity contribution in [3.8, 4) is 6.07 Å². The average molecular weight is 259 g/mol. The minimum atomic E-state index is -1.54. The lowest BCUT2D eigenvalue weighted by molar-refractivity contribution is 0.618. The van der Waals surface area contributed by atoms with Crippen molar-refractivity contribution in [1.82, 2.24) is 0 Å². The van der Waals surface area contributed by atoms with Crippen molar-refractivity contribution < 1.29 is 8.60 Å². The molecule has 0 aliphatic carbocycles. The summed E-state index contributed by atoms with van der Waals surface area (Å²) in [5, 5.41) is 8.93. The Morgan fingerprint density at radius 3 is 2.61 bits per heavy atom. The molecule has 0 amide bonds. The van der Waals surface area contributed by atoms with Crippen molar-refractivity contribution in [2.75, 3.05) is 0 Å². The van der Waals surface area contributed by atoms with Crippen LogP contribution in [0.25, 0.3) is 0 Å². The van der Waals surface area contributed by atoms with E-state index in [1.54, 1.807) is 24.3 Å². The molecule has 0 aliphatic rings. The maximum atomic E-state index is 13.4. The molecule has 1 atom stereocenters. The average Bonchev–Trinajstić information content (AvgIpc) is 2.37. The second kappa shape index (κ2) is 5.11. The lowest BCUT2D eigenvalue weighted by Crippen LogP contribution is -1.98. The summed E-state index contributed by atoms with van der Waals surface area (Å²) in [5.41, 5.74) is 0.813.